The van der Waals surface area contributed by atoms with Gasteiger partial charge in [0.05, 0.1) is 0 Å². The summed E-state index contributed by atoms with van der Waals surface area (Å²) in [4.78, 5) is 0. The second-order valence-electron chi connectivity index (χ2n) is 4.85. The van der Waals surface area contributed by atoms with E-state index < -0.39 is 0 Å². The van der Waals surface area contributed by atoms with Crippen molar-refractivity contribution in [3.05, 3.63) is 0 Å². The van der Waals surface area contributed by atoms with E-state index in [1.165, 1.54) is 19.3 Å². The standard InChI is InChI=1S/C10H17Cl/c1-10(2)8-4-3-7(6-11)9(10)5-8/h7-9H,3-6H2,1-2H3. The number of rotatable bonds is 1. The smallest absolute Gasteiger partial charge is 0.0254 e. The molecule has 11 heavy (non-hydrogen) atoms. The van der Waals surface area contributed by atoms with Gasteiger partial charge in [0.2, 0.25) is 0 Å². The molecule has 3 atom stereocenters. The molecule has 0 heterocycles. The Labute approximate surface area is 74.3 Å². The molecular weight excluding hydrogens is 156 g/mol. The lowest BCUT2D eigenvalue weighted by Gasteiger charge is -2.60. The average molecular weight is 173 g/mol. The third-order valence-corrected chi connectivity index (χ3v) is 4.60. The zero-order chi connectivity index (χ0) is 8.06. The average Bonchev–Trinajstić information content (AvgIpc) is 2.04. The van der Waals surface area contributed by atoms with Crippen LogP contribution in [-0.4, -0.2) is 5.88 Å². The second-order valence-corrected chi connectivity index (χ2v) is 5.16. The van der Waals surface area contributed by atoms with Gasteiger partial charge in [-0.05, 0) is 42.4 Å². The largest absolute Gasteiger partial charge is 0.126 e. The van der Waals surface area contributed by atoms with Crippen molar-refractivity contribution in [1.29, 1.82) is 0 Å². The van der Waals surface area contributed by atoms with Crippen LogP contribution >= 0.6 is 11.6 Å². The van der Waals surface area contributed by atoms with Gasteiger partial charge in [-0.3, -0.25) is 0 Å². The summed E-state index contributed by atoms with van der Waals surface area (Å²) in [6.07, 6.45) is 4.29. The van der Waals surface area contributed by atoms with Crippen molar-refractivity contribution in [2.24, 2.45) is 23.2 Å². The van der Waals surface area contributed by atoms with Crippen LogP contribution in [0, 0.1) is 23.2 Å². The van der Waals surface area contributed by atoms with Crippen molar-refractivity contribution in [3.63, 3.8) is 0 Å². The SMILES string of the molecule is CC1(C)C2CCC(CCl)C1C2. The van der Waals surface area contributed by atoms with Crippen LogP contribution in [0.2, 0.25) is 0 Å². The molecule has 0 aromatic rings. The number of halogens is 1. The van der Waals surface area contributed by atoms with Crippen molar-refractivity contribution in [1.82, 2.24) is 0 Å². The Morgan fingerprint density at radius 1 is 1.36 bits per heavy atom. The molecule has 3 aliphatic carbocycles. The third kappa shape index (κ3) is 0.950. The first-order chi connectivity index (χ1) is 5.16. The lowest BCUT2D eigenvalue weighted by atomic mass is 9.46. The van der Waals surface area contributed by atoms with Gasteiger partial charge < -0.3 is 0 Å². The van der Waals surface area contributed by atoms with Gasteiger partial charge in [0.25, 0.3) is 0 Å². The summed E-state index contributed by atoms with van der Waals surface area (Å²) in [5.74, 6) is 3.68. The number of alkyl halides is 1. The summed E-state index contributed by atoms with van der Waals surface area (Å²) in [6.45, 7) is 4.84. The first kappa shape index (κ1) is 7.91. The summed E-state index contributed by atoms with van der Waals surface area (Å²) in [6, 6.07) is 0. The molecule has 0 nitrogen and oxygen atoms in total. The zero-order valence-corrected chi connectivity index (χ0v) is 8.19. The minimum absolute atomic E-state index is 0.623. The maximum Gasteiger partial charge on any atom is 0.0254 e. The Morgan fingerprint density at radius 2 is 2.09 bits per heavy atom. The quantitative estimate of drug-likeness (QED) is 0.533. The van der Waals surface area contributed by atoms with Gasteiger partial charge in [-0.25, -0.2) is 0 Å². The van der Waals surface area contributed by atoms with Gasteiger partial charge in [-0.1, -0.05) is 13.8 Å². The zero-order valence-electron chi connectivity index (χ0n) is 7.44. The molecule has 0 saturated heterocycles. The van der Waals surface area contributed by atoms with E-state index in [0.29, 0.717) is 5.41 Å². The Balaban J connectivity index is 2.10. The maximum absolute atomic E-state index is 5.93. The molecule has 0 radical (unpaired) electrons. The molecule has 0 amide bonds. The van der Waals surface area contributed by atoms with Crippen LogP contribution in [0.4, 0.5) is 0 Å². The molecule has 3 aliphatic rings. The van der Waals surface area contributed by atoms with Crippen molar-refractivity contribution in [2.75, 3.05) is 5.88 Å². The highest BCUT2D eigenvalue weighted by Gasteiger charge is 2.53. The first-order valence-corrected chi connectivity index (χ1v) is 5.25. The molecule has 3 saturated carbocycles. The van der Waals surface area contributed by atoms with E-state index in [1.807, 2.05) is 0 Å². The molecule has 1 heteroatoms. The molecule has 0 aliphatic heterocycles. The fourth-order valence-corrected chi connectivity index (χ4v) is 3.52. The predicted octanol–water partition coefficient (Wildman–Crippen LogP) is 3.30. The van der Waals surface area contributed by atoms with Crippen LogP contribution in [0.25, 0.3) is 0 Å². The van der Waals surface area contributed by atoms with Gasteiger partial charge in [0.1, 0.15) is 0 Å². The minimum atomic E-state index is 0.623. The molecular formula is C10H17Cl. The first-order valence-electron chi connectivity index (χ1n) is 4.72. The molecule has 0 aromatic carbocycles. The number of fused-ring (bicyclic) bond motifs is 2. The van der Waals surface area contributed by atoms with Crippen molar-refractivity contribution >= 4 is 11.6 Å². The van der Waals surface area contributed by atoms with E-state index in [2.05, 4.69) is 13.8 Å². The molecule has 0 spiro atoms. The van der Waals surface area contributed by atoms with Gasteiger partial charge in [-0.2, -0.15) is 0 Å². The van der Waals surface area contributed by atoms with Gasteiger partial charge in [0, 0.05) is 5.88 Å². The molecule has 64 valence electrons. The summed E-state index contributed by atoms with van der Waals surface area (Å²) in [5.41, 5.74) is 0.623. The Hall–Kier alpha value is 0.290. The fourth-order valence-electron chi connectivity index (χ4n) is 3.15. The number of hydrogen-bond donors (Lipinski definition) is 0. The van der Waals surface area contributed by atoms with E-state index in [1.54, 1.807) is 0 Å². The van der Waals surface area contributed by atoms with Gasteiger partial charge >= 0.3 is 0 Å². The minimum Gasteiger partial charge on any atom is -0.126 e. The summed E-state index contributed by atoms with van der Waals surface area (Å²) >= 11 is 5.93. The maximum atomic E-state index is 5.93. The third-order valence-electron chi connectivity index (χ3n) is 4.20. The molecule has 3 rings (SSSR count). The second kappa shape index (κ2) is 2.39. The molecule has 3 fully saturated rings. The Bertz CT molecular complexity index is 160. The molecule has 0 N–H and O–H groups in total. The number of hydrogen-bond acceptors (Lipinski definition) is 0. The highest BCUT2D eigenvalue weighted by molar-refractivity contribution is 6.18. The van der Waals surface area contributed by atoms with Crippen LogP contribution in [0.1, 0.15) is 33.1 Å². The van der Waals surface area contributed by atoms with E-state index in [-0.39, 0.29) is 0 Å². The Morgan fingerprint density at radius 3 is 2.45 bits per heavy atom. The predicted molar refractivity (Wildman–Crippen MR) is 48.8 cm³/mol. The van der Waals surface area contributed by atoms with Crippen LogP contribution in [0.15, 0.2) is 0 Å². The van der Waals surface area contributed by atoms with E-state index in [9.17, 15) is 0 Å². The van der Waals surface area contributed by atoms with Crippen molar-refractivity contribution < 1.29 is 0 Å². The summed E-state index contributed by atoms with van der Waals surface area (Å²) in [7, 11) is 0. The Kier molecular flexibility index (Phi) is 1.72. The van der Waals surface area contributed by atoms with Crippen LogP contribution in [0.3, 0.4) is 0 Å². The van der Waals surface area contributed by atoms with Crippen molar-refractivity contribution in [2.45, 2.75) is 33.1 Å². The normalized spacial score (nSPS) is 46.6. The summed E-state index contributed by atoms with van der Waals surface area (Å²) in [5, 5.41) is 0. The molecule has 0 aromatic heterocycles. The van der Waals surface area contributed by atoms with E-state index in [4.69, 9.17) is 11.6 Å². The van der Waals surface area contributed by atoms with Crippen LogP contribution < -0.4 is 0 Å². The van der Waals surface area contributed by atoms with E-state index >= 15 is 0 Å². The van der Waals surface area contributed by atoms with Crippen LogP contribution in [-0.2, 0) is 0 Å². The highest BCUT2D eigenvalue weighted by atomic mass is 35.5. The topological polar surface area (TPSA) is 0 Å². The molecule has 2 bridgehead atoms. The van der Waals surface area contributed by atoms with E-state index in [0.717, 1.165) is 23.6 Å². The van der Waals surface area contributed by atoms with Gasteiger partial charge in [-0.15, -0.1) is 11.6 Å². The summed E-state index contributed by atoms with van der Waals surface area (Å²) < 4.78 is 0. The van der Waals surface area contributed by atoms with Crippen molar-refractivity contribution in [3.8, 4) is 0 Å². The lowest BCUT2D eigenvalue weighted by Crippen LogP contribution is -2.52. The highest BCUT2D eigenvalue weighted by Crippen LogP contribution is 2.61. The monoisotopic (exact) mass is 172 g/mol. The van der Waals surface area contributed by atoms with Crippen LogP contribution in [0.5, 0.6) is 0 Å². The lowest BCUT2D eigenvalue weighted by molar-refractivity contribution is -0.0977. The fraction of sp³-hybridized carbons (Fsp3) is 1.00. The molecule has 3 unspecified atom stereocenters. The van der Waals surface area contributed by atoms with Gasteiger partial charge in [0.15, 0.2) is 0 Å².